The molecule has 0 fully saturated rings. The van der Waals surface area contributed by atoms with E-state index in [4.69, 9.17) is 14.6 Å². The Morgan fingerprint density at radius 2 is 1.69 bits per heavy atom. The van der Waals surface area contributed by atoms with Gasteiger partial charge in [0.15, 0.2) is 17.6 Å². The average Bonchev–Trinajstić information content (AvgIpc) is 3.87. The molecule has 0 unspecified atom stereocenters. The van der Waals surface area contributed by atoms with Crippen LogP contribution in [0, 0.1) is 0 Å². The molecular formula is C33H30N6O4S2. The third kappa shape index (κ3) is 7.24. The highest BCUT2D eigenvalue weighted by atomic mass is 32.2. The Kier molecular flexibility index (Phi) is 9.52. The van der Waals surface area contributed by atoms with E-state index in [1.54, 1.807) is 35.6 Å². The summed E-state index contributed by atoms with van der Waals surface area (Å²) < 4.78 is 12.7. The van der Waals surface area contributed by atoms with Gasteiger partial charge in [0, 0.05) is 12.1 Å². The topological polar surface area (TPSA) is 111 Å². The molecule has 10 nitrogen and oxygen atoms in total. The zero-order valence-corrected chi connectivity index (χ0v) is 26.0. The number of nitrogens with zero attached hydrogens (tertiary/aromatic N) is 5. The molecule has 0 bridgehead atoms. The molecule has 45 heavy (non-hydrogen) atoms. The fraction of sp³-hybridized carbons (Fsp3) is 0.182. The number of hydrogen-bond donors (Lipinski definition) is 1. The third-order valence-electron chi connectivity index (χ3n) is 7.07. The number of thiophene rings is 1. The molecule has 0 aliphatic carbocycles. The Labute approximate surface area is 268 Å². The highest BCUT2D eigenvalue weighted by Gasteiger charge is 2.33. The summed E-state index contributed by atoms with van der Waals surface area (Å²) in [7, 11) is 1.63. The fourth-order valence-electron chi connectivity index (χ4n) is 4.85. The van der Waals surface area contributed by atoms with Gasteiger partial charge >= 0.3 is 0 Å². The summed E-state index contributed by atoms with van der Waals surface area (Å²) in [6.07, 6.45) is 0.612. The maximum atomic E-state index is 13.7. The lowest BCUT2D eigenvalue weighted by atomic mass is 10.0. The zero-order chi connectivity index (χ0) is 31.0. The van der Waals surface area contributed by atoms with Gasteiger partial charge in [-0.25, -0.2) is 5.01 Å². The Morgan fingerprint density at radius 3 is 2.40 bits per heavy atom. The van der Waals surface area contributed by atoms with Gasteiger partial charge in [-0.3, -0.25) is 14.2 Å². The van der Waals surface area contributed by atoms with Gasteiger partial charge in [0.2, 0.25) is 0 Å². The number of ether oxygens (including phenoxy) is 2. The molecule has 0 saturated carbocycles. The van der Waals surface area contributed by atoms with Crippen molar-refractivity contribution in [3.05, 3.63) is 119 Å². The lowest BCUT2D eigenvalue weighted by molar-refractivity contribution is -0.130. The third-order valence-corrected chi connectivity index (χ3v) is 8.90. The largest absolute Gasteiger partial charge is 0.497 e. The van der Waals surface area contributed by atoms with Crippen LogP contribution >= 0.6 is 23.1 Å². The number of thioether (sulfide) groups is 1. The summed E-state index contributed by atoms with van der Waals surface area (Å²) in [4.78, 5) is 27.3. The van der Waals surface area contributed by atoms with E-state index in [2.05, 4.69) is 15.5 Å². The molecule has 3 aromatic carbocycles. The summed E-state index contributed by atoms with van der Waals surface area (Å²) in [6.45, 7) is 0.00624. The van der Waals surface area contributed by atoms with Crippen LogP contribution in [0.4, 0.5) is 0 Å². The second kappa shape index (κ2) is 14.2. The van der Waals surface area contributed by atoms with Crippen molar-refractivity contribution in [2.24, 2.45) is 5.10 Å². The van der Waals surface area contributed by atoms with Crippen molar-refractivity contribution in [1.82, 2.24) is 25.1 Å². The van der Waals surface area contributed by atoms with Crippen LogP contribution in [0.2, 0.25) is 0 Å². The molecule has 1 atom stereocenters. The molecular weight excluding hydrogens is 609 g/mol. The number of benzene rings is 3. The van der Waals surface area contributed by atoms with E-state index in [-0.39, 0.29) is 36.8 Å². The van der Waals surface area contributed by atoms with Gasteiger partial charge in [-0.05, 0) is 53.4 Å². The van der Waals surface area contributed by atoms with Crippen LogP contribution in [-0.4, -0.2) is 56.8 Å². The first-order chi connectivity index (χ1) is 22.1. The van der Waals surface area contributed by atoms with Crippen LogP contribution in [0.3, 0.4) is 0 Å². The molecule has 0 saturated heterocycles. The van der Waals surface area contributed by atoms with Crippen molar-refractivity contribution in [1.29, 1.82) is 0 Å². The van der Waals surface area contributed by atoms with E-state index >= 15 is 0 Å². The normalized spacial score (nSPS) is 14.2. The number of aromatic nitrogens is 3. The minimum Gasteiger partial charge on any atom is -0.497 e. The minimum atomic E-state index is -0.288. The summed E-state index contributed by atoms with van der Waals surface area (Å²) >= 11 is 2.88. The van der Waals surface area contributed by atoms with Gasteiger partial charge in [0.1, 0.15) is 11.5 Å². The zero-order valence-electron chi connectivity index (χ0n) is 24.4. The molecule has 0 spiro atoms. The smallest absolute Gasteiger partial charge is 0.258 e. The van der Waals surface area contributed by atoms with Crippen LogP contribution < -0.4 is 14.8 Å². The Bertz CT molecular complexity index is 1760. The first kappa shape index (κ1) is 30.1. The number of hydrazone groups is 1. The quantitative estimate of drug-likeness (QED) is 0.180. The second-order valence-electron chi connectivity index (χ2n) is 9.99. The molecule has 0 radical (unpaired) electrons. The van der Waals surface area contributed by atoms with Crippen LogP contribution in [0.25, 0.3) is 5.69 Å². The van der Waals surface area contributed by atoms with Crippen LogP contribution in [0.5, 0.6) is 11.5 Å². The second-order valence-corrected chi connectivity index (χ2v) is 11.9. The Morgan fingerprint density at radius 1 is 0.933 bits per heavy atom. The van der Waals surface area contributed by atoms with Crippen molar-refractivity contribution in [2.45, 2.75) is 24.2 Å². The number of methoxy groups -OCH3 is 1. The minimum absolute atomic E-state index is 0.0934. The van der Waals surface area contributed by atoms with Gasteiger partial charge in [-0.1, -0.05) is 66.4 Å². The predicted octanol–water partition coefficient (Wildman–Crippen LogP) is 5.50. The number of carbonyl (C=O) groups is 2. The van der Waals surface area contributed by atoms with Gasteiger partial charge in [-0.2, -0.15) is 5.10 Å². The Hall–Kier alpha value is -4.94. The van der Waals surface area contributed by atoms with Gasteiger partial charge in [0.25, 0.3) is 11.8 Å². The Balaban J connectivity index is 1.17. The van der Waals surface area contributed by atoms with E-state index in [9.17, 15) is 9.59 Å². The van der Waals surface area contributed by atoms with Gasteiger partial charge in [0.05, 0.1) is 36.0 Å². The van der Waals surface area contributed by atoms with E-state index < -0.39 is 0 Å². The summed E-state index contributed by atoms with van der Waals surface area (Å²) in [5.74, 6) is 1.55. The number of carbonyl (C=O) groups excluding carboxylic acids is 2. The SMILES string of the molecule is COc1ccc([C@@H]2CC(c3cccs3)=NN2C(=O)CSc2nnc(CNC(=O)COc3ccccc3)n2-c2ccccc2)cc1. The molecule has 12 heteroatoms. The van der Waals surface area contributed by atoms with Crippen LogP contribution in [-0.2, 0) is 16.1 Å². The maximum Gasteiger partial charge on any atom is 0.258 e. The molecule has 5 aromatic rings. The number of hydrogen-bond acceptors (Lipinski definition) is 9. The highest BCUT2D eigenvalue weighted by Crippen LogP contribution is 2.35. The average molecular weight is 639 g/mol. The van der Waals surface area contributed by atoms with Gasteiger partial charge < -0.3 is 14.8 Å². The molecule has 3 heterocycles. The number of amides is 2. The predicted molar refractivity (Wildman–Crippen MR) is 174 cm³/mol. The summed E-state index contributed by atoms with van der Waals surface area (Å²) in [5, 5.41) is 20.5. The first-order valence-corrected chi connectivity index (χ1v) is 16.1. The number of para-hydroxylation sites is 2. The van der Waals surface area contributed by atoms with E-state index in [0.29, 0.717) is 23.2 Å². The lowest BCUT2D eigenvalue weighted by Gasteiger charge is -2.22. The van der Waals surface area contributed by atoms with E-state index in [1.165, 1.54) is 11.8 Å². The standard InChI is InChI=1S/C33H30N6O4S2/c1-42-25-16-14-23(15-17-25)28-19-27(29-13-8-18-44-29)37-39(28)32(41)22-45-33-36-35-30(38(33)24-9-4-2-5-10-24)20-34-31(40)21-43-26-11-6-3-7-12-26/h2-18,28H,19-22H2,1H3,(H,34,40)/t28-/m0/s1. The molecule has 228 valence electrons. The van der Waals surface area contributed by atoms with Crippen molar-refractivity contribution < 1.29 is 19.1 Å². The monoisotopic (exact) mass is 638 g/mol. The van der Waals surface area contributed by atoms with E-state index in [0.717, 1.165) is 27.6 Å². The van der Waals surface area contributed by atoms with E-state index in [1.807, 2.05) is 94.9 Å². The van der Waals surface area contributed by atoms with Crippen molar-refractivity contribution >= 4 is 40.6 Å². The molecule has 1 aliphatic heterocycles. The van der Waals surface area contributed by atoms with Crippen molar-refractivity contribution in [2.75, 3.05) is 19.5 Å². The number of nitrogens with one attached hydrogen (secondary N) is 1. The summed E-state index contributed by atoms with van der Waals surface area (Å²) in [6, 6.07) is 30.3. The molecule has 1 N–H and O–H groups in total. The van der Waals surface area contributed by atoms with Crippen LogP contribution in [0.15, 0.2) is 113 Å². The maximum absolute atomic E-state index is 13.7. The molecule has 2 aromatic heterocycles. The summed E-state index contributed by atoms with van der Waals surface area (Å²) in [5.41, 5.74) is 2.68. The molecule has 6 rings (SSSR count). The highest BCUT2D eigenvalue weighted by molar-refractivity contribution is 7.99. The molecule has 1 aliphatic rings. The van der Waals surface area contributed by atoms with Crippen molar-refractivity contribution in [3.8, 4) is 17.2 Å². The lowest BCUT2D eigenvalue weighted by Crippen LogP contribution is -2.29. The van der Waals surface area contributed by atoms with Gasteiger partial charge in [-0.15, -0.1) is 21.5 Å². The molecule has 2 amide bonds. The number of rotatable bonds is 12. The first-order valence-electron chi connectivity index (χ1n) is 14.2. The fourth-order valence-corrected chi connectivity index (χ4v) is 6.39. The van der Waals surface area contributed by atoms with Crippen LogP contribution in [0.1, 0.15) is 28.7 Å². The van der Waals surface area contributed by atoms with Crippen molar-refractivity contribution in [3.63, 3.8) is 0 Å².